The number of esters is 1. The van der Waals surface area contributed by atoms with Gasteiger partial charge in [0.2, 0.25) is 5.60 Å². The number of rotatable bonds is 6. The van der Waals surface area contributed by atoms with E-state index in [1.54, 1.807) is 25.1 Å². The van der Waals surface area contributed by atoms with Crippen LogP contribution in [-0.2, 0) is 15.1 Å². The first-order chi connectivity index (χ1) is 11.8. The zero-order chi connectivity index (χ0) is 18.6. The molecule has 0 spiro atoms. The first-order valence-corrected chi connectivity index (χ1v) is 8.33. The second-order valence-electron chi connectivity index (χ2n) is 6.47. The van der Waals surface area contributed by atoms with Gasteiger partial charge < -0.3 is 24.2 Å². The molecule has 2 rings (SSSR count). The third-order valence-electron chi connectivity index (χ3n) is 4.65. The maximum absolute atomic E-state index is 12.8. The first-order valence-electron chi connectivity index (χ1n) is 8.33. The Kier molecular flexibility index (Phi) is 6.08. The Morgan fingerprint density at radius 1 is 1.24 bits per heavy atom. The second kappa shape index (κ2) is 7.89. The summed E-state index contributed by atoms with van der Waals surface area (Å²) >= 11 is 0. The van der Waals surface area contributed by atoms with E-state index in [1.807, 2.05) is 7.05 Å². The number of nitrogens with zero attached hydrogens (tertiary/aromatic N) is 1. The van der Waals surface area contributed by atoms with Gasteiger partial charge in [-0.05, 0) is 44.5 Å². The Morgan fingerprint density at radius 2 is 1.84 bits per heavy atom. The number of aliphatic hydroxyl groups is 1. The van der Waals surface area contributed by atoms with Crippen LogP contribution >= 0.6 is 0 Å². The van der Waals surface area contributed by atoms with Gasteiger partial charge in [0.1, 0.15) is 6.10 Å². The summed E-state index contributed by atoms with van der Waals surface area (Å²) < 4.78 is 16.1. The van der Waals surface area contributed by atoms with Crippen LogP contribution in [0.4, 0.5) is 0 Å². The molecule has 0 aromatic heterocycles. The maximum atomic E-state index is 12.8. The van der Waals surface area contributed by atoms with E-state index in [0.717, 1.165) is 25.9 Å². The SMILES string of the molecule is C=C(C)C(O)(C(=O)OC1CCN(C)CC1)c1ccc(OC)c(OC)c1. The van der Waals surface area contributed by atoms with Crippen molar-refractivity contribution in [1.29, 1.82) is 0 Å². The molecule has 25 heavy (non-hydrogen) atoms. The third kappa shape index (κ3) is 3.96. The molecule has 1 saturated heterocycles. The number of carbonyl (C=O) groups is 1. The lowest BCUT2D eigenvalue weighted by Gasteiger charge is -2.33. The van der Waals surface area contributed by atoms with Gasteiger partial charge >= 0.3 is 5.97 Å². The summed E-state index contributed by atoms with van der Waals surface area (Å²) in [7, 11) is 5.06. The number of ether oxygens (including phenoxy) is 3. The lowest BCUT2D eigenvalue weighted by Crippen LogP contribution is -2.43. The summed E-state index contributed by atoms with van der Waals surface area (Å²) in [5.41, 5.74) is -1.30. The number of methoxy groups -OCH3 is 2. The molecule has 1 fully saturated rings. The van der Waals surface area contributed by atoms with Crippen molar-refractivity contribution in [3.8, 4) is 11.5 Å². The van der Waals surface area contributed by atoms with Crippen molar-refractivity contribution in [1.82, 2.24) is 4.90 Å². The standard InChI is InChI=1S/C19H27NO5/c1-13(2)19(22,14-6-7-16(23-4)17(12-14)24-5)18(21)25-15-8-10-20(3)11-9-15/h6-7,12,15,22H,1,8-11H2,2-5H3. The Labute approximate surface area is 149 Å². The summed E-state index contributed by atoms with van der Waals surface area (Å²) in [6.07, 6.45) is 1.30. The highest BCUT2D eigenvalue weighted by Crippen LogP contribution is 2.36. The van der Waals surface area contributed by atoms with Crippen molar-refractivity contribution >= 4 is 5.97 Å². The molecule has 0 radical (unpaired) electrons. The number of benzene rings is 1. The predicted molar refractivity (Wildman–Crippen MR) is 94.9 cm³/mol. The highest BCUT2D eigenvalue weighted by molar-refractivity contribution is 5.85. The Bertz CT molecular complexity index is 637. The molecule has 1 aromatic rings. The highest BCUT2D eigenvalue weighted by atomic mass is 16.6. The quantitative estimate of drug-likeness (QED) is 0.627. The van der Waals surface area contributed by atoms with E-state index in [4.69, 9.17) is 14.2 Å². The summed E-state index contributed by atoms with van der Waals surface area (Å²) in [5.74, 6) is 0.229. The predicted octanol–water partition coefficient (Wildman–Crippen LogP) is 2.10. The number of likely N-dealkylation sites (tertiary alicyclic amines) is 1. The smallest absolute Gasteiger partial charge is 0.347 e. The Balaban J connectivity index is 2.28. The molecule has 1 heterocycles. The van der Waals surface area contributed by atoms with Crippen LogP contribution < -0.4 is 9.47 Å². The van der Waals surface area contributed by atoms with Crippen LogP contribution in [0.2, 0.25) is 0 Å². The molecule has 1 unspecified atom stereocenters. The van der Waals surface area contributed by atoms with Crippen molar-refractivity contribution in [2.45, 2.75) is 31.5 Å². The molecule has 1 aliphatic rings. The van der Waals surface area contributed by atoms with Crippen molar-refractivity contribution in [2.24, 2.45) is 0 Å². The lowest BCUT2D eigenvalue weighted by atomic mass is 9.87. The van der Waals surface area contributed by atoms with Gasteiger partial charge in [0.15, 0.2) is 11.5 Å². The Morgan fingerprint density at radius 3 is 2.36 bits per heavy atom. The molecule has 6 nitrogen and oxygen atoms in total. The van der Waals surface area contributed by atoms with E-state index >= 15 is 0 Å². The number of carbonyl (C=O) groups excluding carboxylic acids is 1. The van der Waals surface area contributed by atoms with Gasteiger partial charge in [-0.15, -0.1) is 0 Å². The van der Waals surface area contributed by atoms with E-state index in [-0.39, 0.29) is 11.7 Å². The Hall–Kier alpha value is -2.05. The largest absolute Gasteiger partial charge is 0.493 e. The van der Waals surface area contributed by atoms with Crippen LogP contribution in [-0.4, -0.2) is 56.4 Å². The van der Waals surface area contributed by atoms with Crippen molar-refractivity contribution in [2.75, 3.05) is 34.4 Å². The minimum absolute atomic E-state index is 0.199. The van der Waals surface area contributed by atoms with Gasteiger partial charge in [-0.2, -0.15) is 0 Å². The van der Waals surface area contributed by atoms with Gasteiger partial charge in [-0.25, -0.2) is 4.79 Å². The zero-order valence-corrected chi connectivity index (χ0v) is 15.4. The summed E-state index contributed by atoms with van der Waals surface area (Å²) in [6.45, 7) is 7.12. The van der Waals surface area contributed by atoms with Crippen molar-refractivity contribution in [3.05, 3.63) is 35.9 Å². The minimum Gasteiger partial charge on any atom is -0.493 e. The molecule has 1 aliphatic heterocycles. The van der Waals surface area contributed by atoms with Crippen LogP contribution in [0.5, 0.6) is 11.5 Å². The minimum atomic E-state index is -1.93. The van der Waals surface area contributed by atoms with E-state index < -0.39 is 11.6 Å². The first kappa shape index (κ1) is 19.3. The average Bonchev–Trinajstić information content (AvgIpc) is 2.61. The van der Waals surface area contributed by atoms with Crippen LogP contribution in [0.15, 0.2) is 30.4 Å². The fourth-order valence-corrected chi connectivity index (χ4v) is 2.94. The number of hydrogen-bond acceptors (Lipinski definition) is 6. The highest BCUT2D eigenvalue weighted by Gasteiger charge is 2.42. The van der Waals surface area contributed by atoms with Crippen LogP contribution in [0.25, 0.3) is 0 Å². The number of hydrogen-bond donors (Lipinski definition) is 1. The molecule has 6 heteroatoms. The van der Waals surface area contributed by atoms with E-state index in [2.05, 4.69) is 11.5 Å². The normalized spacial score (nSPS) is 18.3. The molecule has 1 aromatic carbocycles. The average molecular weight is 349 g/mol. The van der Waals surface area contributed by atoms with E-state index in [0.29, 0.717) is 17.1 Å². The van der Waals surface area contributed by atoms with Crippen LogP contribution in [0.3, 0.4) is 0 Å². The lowest BCUT2D eigenvalue weighted by molar-refractivity contribution is -0.170. The molecule has 0 saturated carbocycles. The van der Waals surface area contributed by atoms with Crippen molar-refractivity contribution in [3.63, 3.8) is 0 Å². The van der Waals surface area contributed by atoms with Crippen LogP contribution in [0, 0.1) is 0 Å². The summed E-state index contributed by atoms with van der Waals surface area (Å²) in [4.78, 5) is 15.0. The van der Waals surface area contributed by atoms with E-state index in [1.165, 1.54) is 14.2 Å². The van der Waals surface area contributed by atoms with Gasteiger partial charge in [0, 0.05) is 18.7 Å². The maximum Gasteiger partial charge on any atom is 0.347 e. The monoisotopic (exact) mass is 349 g/mol. The zero-order valence-electron chi connectivity index (χ0n) is 15.4. The van der Waals surface area contributed by atoms with Gasteiger partial charge in [-0.1, -0.05) is 12.6 Å². The fourth-order valence-electron chi connectivity index (χ4n) is 2.94. The topological polar surface area (TPSA) is 68.2 Å². The molecule has 0 bridgehead atoms. The number of piperidine rings is 1. The second-order valence-corrected chi connectivity index (χ2v) is 6.47. The molecule has 0 amide bonds. The van der Waals surface area contributed by atoms with Crippen LogP contribution in [0.1, 0.15) is 25.3 Å². The fraction of sp³-hybridized carbons (Fsp3) is 0.526. The molecule has 0 aliphatic carbocycles. The summed E-state index contributed by atoms with van der Waals surface area (Å²) in [5, 5.41) is 11.1. The molecular formula is C19H27NO5. The third-order valence-corrected chi connectivity index (χ3v) is 4.65. The molecular weight excluding hydrogens is 322 g/mol. The van der Waals surface area contributed by atoms with E-state index in [9.17, 15) is 9.90 Å². The van der Waals surface area contributed by atoms with Gasteiger partial charge in [0.05, 0.1) is 14.2 Å². The molecule has 1 N–H and O–H groups in total. The summed E-state index contributed by atoms with van der Waals surface area (Å²) in [6, 6.07) is 4.83. The van der Waals surface area contributed by atoms with Gasteiger partial charge in [-0.3, -0.25) is 0 Å². The molecule has 1 atom stereocenters. The molecule has 138 valence electrons. The van der Waals surface area contributed by atoms with Gasteiger partial charge in [0.25, 0.3) is 0 Å². The van der Waals surface area contributed by atoms with Crippen molar-refractivity contribution < 1.29 is 24.1 Å².